The van der Waals surface area contributed by atoms with Crippen molar-refractivity contribution in [2.45, 2.75) is 32.4 Å². The van der Waals surface area contributed by atoms with E-state index in [1.165, 1.54) is 5.56 Å². The third kappa shape index (κ3) is 2.64. The van der Waals surface area contributed by atoms with Gasteiger partial charge in [-0.05, 0) is 38.5 Å². The van der Waals surface area contributed by atoms with Gasteiger partial charge < -0.3 is 15.4 Å². The van der Waals surface area contributed by atoms with Crippen molar-refractivity contribution in [1.82, 2.24) is 4.90 Å². The second-order valence-corrected chi connectivity index (χ2v) is 5.54. The molecule has 1 aromatic rings. The van der Waals surface area contributed by atoms with E-state index in [1.807, 2.05) is 32.1 Å². The Morgan fingerprint density at radius 3 is 2.65 bits per heavy atom. The second kappa shape index (κ2) is 5.57. The molecule has 1 aliphatic rings. The van der Waals surface area contributed by atoms with Crippen LogP contribution >= 0.6 is 0 Å². The van der Waals surface area contributed by atoms with Gasteiger partial charge in [-0.15, -0.1) is 6.58 Å². The summed E-state index contributed by atoms with van der Waals surface area (Å²) in [5.41, 5.74) is 6.94. The van der Waals surface area contributed by atoms with Crippen LogP contribution in [0.3, 0.4) is 0 Å². The molecule has 1 aromatic carbocycles. The monoisotopic (exact) mass is 273 g/mol. The van der Waals surface area contributed by atoms with E-state index in [-0.39, 0.29) is 11.6 Å². The number of benzene rings is 1. The lowest BCUT2D eigenvalue weighted by Gasteiger charge is -2.36. The van der Waals surface area contributed by atoms with Gasteiger partial charge in [0.15, 0.2) is 5.96 Å². The molecule has 0 spiro atoms. The van der Waals surface area contributed by atoms with Crippen molar-refractivity contribution in [2.24, 2.45) is 10.7 Å². The number of guanidine groups is 1. The SMILES string of the molecule is C=CCN1C(N)=NCC1(C)c1ccc(OC(C)C)cc1. The van der Waals surface area contributed by atoms with Crippen molar-refractivity contribution in [3.63, 3.8) is 0 Å². The Bertz CT molecular complexity index is 507. The van der Waals surface area contributed by atoms with Gasteiger partial charge in [0.05, 0.1) is 18.2 Å². The molecule has 0 aliphatic carbocycles. The first kappa shape index (κ1) is 14.4. The summed E-state index contributed by atoms with van der Waals surface area (Å²) in [4.78, 5) is 6.46. The van der Waals surface area contributed by atoms with Crippen molar-refractivity contribution < 1.29 is 4.74 Å². The van der Waals surface area contributed by atoms with Crippen LogP contribution in [-0.4, -0.2) is 30.1 Å². The van der Waals surface area contributed by atoms with Crippen LogP contribution in [0, 0.1) is 0 Å². The quantitative estimate of drug-likeness (QED) is 0.839. The van der Waals surface area contributed by atoms with Gasteiger partial charge in [0.25, 0.3) is 0 Å². The van der Waals surface area contributed by atoms with Gasteiger partial charge in [-0.1, -0.05) is 18.2 Å². The average molecular weight is 273 g/mol. The van der Waals surface area contributed by atoms with Gasteiger partial charge in [-0.3, -0.25) is 4.99 Å². The van der Waals surface area contributed by atoms with Crippen molar-refractivity contribution in [1.29, 1.82) is 0 Å². The maximum atomic E-state index is 5.98. The first-order valence-electron chi connectivity index (χ1n) is 6.93. The van der Waals surface area contributed by atoms with Crippen molar-refractivity contribution in [3.05, 3.63) is 42.5 Å². The highest BCUT2D eigenvalue weighted by Gasteiger charge is 2.38. The van der Waals surface area contributed by atoms with E-state index in [0.717, 1.165) is 5.75 Å². The number of nitrogens with zero attached hydrogens (tertiary/aromatic N) is 2. The fraction of sp³-hybridized carbons (Fsp3) is 0.438. The zero-order valence-corrected chi connectivity index (χ0v) is 12.5. The topological polar surface area (TPSA) is 50.8 Å². The van der Waals surface area contributed by atoms with E-state index in [0.29, 0.717) is 19.0 Å². The Labute approximate surface area is 120 Å². The van der Waals surface area contributed by atoms with Crippen LogP contribution in [0.15, 0.2) is 41.9 Å². The molecule has 4 heteroatoms. The number of hydrogen-bond acceptors (Lipinski definition) is 4. The molecular weight excluding hydrogens is 250 g/mol. The molecule has 20 heavy (non-hydrogen) atoms. The minimum atomic E-state index is -0.214. The number of hydrogen-bond donors (Lipinski definition) is 1. The third-order valence-corrected chi connectivity index (χ3v) is 3.58. The van der Waals surface area contributed by atoms with Crippen LogP contribution < -0.4 is 10.5 Å². The van der Waals surface area contributed by atoms with Crippen molar-refractivity contribution in [3.8, 4) is 5.75 Å². The van der Waals surface area contributed by atoms with Gasteiger partial charge in [-0.2, -0.15) is 0 Å². The molecule has 0 bridgehead atoms. The van der Waals surface area contributed by atoms with Crippen LogP contribution in [0.25, 0.3) is 0 Å². The lowest BCUT2D eigenvalue weighted by atomic mass is 9.91. The zero-order valence-electron chi connectivity index (χ0n) is 12.5. The molecule has 0 aromatic heterocycles. The fourth-order valence-corrected chi connectivity index (χ4v) is 2.49. The highest BCUT2D eigenvalue weighted by atomic mass is 16.5. The first-order valence-corrected chi connectivity index (χ1v) is 6.93. The van der Waals surface area contributed by atoms with E-state index in [4.69, 9.17) is 10.5 Å². The third-order valence-electron chi connectivity index (χ3n) is 3.58. The van der Waals surface area contributed by atoms with E-state index >= 15 is 0 Å². The summed E-state index contributed by atoms with van der Waals surface area (Å²) in [6.07, 6.45) is 2.03. The number of nitrogens with two attached hydrogens (primary N) is 1. The number of rotatable bonds is 5. The Kier molecular flexibility index (Phi) is 4.02. The summed E-state index contributed by atoms with van der Waals surface area (Å²) in [5, 5.41) is 0. The molecule has 1 atom stereocenters. The highest BCUT2D eigenvalue weighted by Crippen LogP contribution is 2.33. The van der Waals surface area contributed by atoms with Crippen molar-refractivity contribution >= 4 is 5.96 Å². The van der Waals surface area contributed by atoms with Gasteiger partial charge in [-0.25, -0.2) is 0 Å². The van der Waals surface area contributed by atoms with Crippen molar-refractivity contribution in [2.75, 3.05) is 13.1 Å². The fourth-order valence-electron chi connectivity index (χ4n) is 2.49. The Hall–Kier alpha value is -1.97. The Morgan fingerprint density at radius 2 is 2.10 bits per heavy atom. The average Bonchev–Trinajstić information content (AvgIpc) is 2.69. The summed E-state index contributed by atoms with van der Waals surface area (Å²) in [7, 11) is 0. The molecule has 0 fully saturated rings. The highest BCUT2D eigenvalue weighted by molar-refractivity contribution is 5.81. The minimum absolute atomic E-state index is 0.180. The predicted octanol–water partition coefficient (Wildman–Crippen LogP) is 2.51. The molecular formula is C16H23N3O. The smallest absolute Gasteiger partial charge is 0.192 e. The maximum Gasteiger partial charge on any atom is 0.192 e. The summed E-state index contributed by atoms with van der Waals surface area (Å²) in [5.74, 6) is 1.46. The minimum Gasteiger partial charge on any atom is -0.491 e. The van der Waals surface area contributed by atoms with Gasteiger partial charge in [0, 0.05) is 6.54 Å². The van der Waals surface area contributed by atoms with Crippen LogP contribution in [-0.2, 0) is 5.54 Å². The first-order chi connectivity index (χ1) is 9.47. The molecule has 1 heterocycles. The summed E-state index contributed by atoms with van der Waals surface area (Å²) in [6, 6.07) is 8.17. The van der Waals surface area contributed by atoms with Gasteiger partial charge >= 0.3 is 0 Å². The second-order valence-electron chi connectivity index (χ2n) is 5.54. The lowest BCUT2D eigenvalue weighted by Crippen LogP contribution is -2.47. The number of ether oxygens (including phenoxy) is 1. The predicted molar refractivity (Wildman–Crippen MR) is 83.0 cm³/mol. The molecule has 1 aliphatic heterocycles. The molecule has 108 valence electrons. The molecule has 2 rings (SSSR count). The normalized spacial score (nSPS) is 22.0. The number of aliphatic imine (C=N–C) groups is 1. The summed E-state index contributed by atoms with van der Waals surface area (Å²) in [6.45, 7) is 11.3. The lowest BCUT2D eigenvalue weighted by molar-refractivity contribution is 0.238. The Morgan fingerprint density at radius 1 is 1.45 bits per heavy atom. The summed E-state index contributed by atoms with van der Waals surface area (Å²) < 4.78 is 5.68. The van der Waals surface area contributed by atoms with E-state index in [1.54, 1.807) is 0 Å². The maximum absolute atomic E-state index is 5.98. The molecule has 2 N–H and O–H groups in total. The van der Waals surface area contributed by atoms with Crippen LogP contribution in [0.4, 0.5) is 0 Å². The Balaban J connectivity index is 2.24. The van der Waals surface area contributed by atoms with E-state index in [9.17, 15) is 0 Å². The molecule has 0 saturated carbocycles. The summed E-state index contributed by atoms with van der Waals surface area (Å²) >= 11 is 0. The largest absolute Gasteiger partial charge is 0.491 e. The molecule has 0 radical (unpaired) electrons. The van der Waals surface area contributed by atoms with Crippen LogP contribution in [0.1, 0.15) is 26.3 Å². The molecule has 4 nitrogen and oxygen atoms in total. The zero-order chi connectivity index (χ0) is 14.8. The van der Waals surface area contributed by atoms with E-state index in [2.05, 4.69) is 35.5 Å². The van der Waals surface area contributed by atoms with Crippen LogP contribution in [0.2, 0.25) is 0 Å². The molecule has 0 amide bonds. The molecule has 1 unspecified atom stereocenters. The van der Waals surface area contributed by atoms with Crippen LogP contribution in [0.5, 0.6) is 5.75 Å². The standard InChI is InChI=1S/C16H23N3O/c1-5-10-19-15(17)18-11-16(19,4)13-6-8-14(9-7-13)20-12(2)3/h5-9,12H,1,10-11H2,2-4H3,(H2,17,18). The van der Waals surface area contributed by atoms with E-state index < -0.39 is 0 Å². The molecule has 0 saturated heterocycles. The van der Waals surface area contributed by atoms with Gasteiger partial charge in [0.1, 0.15) is 5.75 Å². The van der Waals surface area contributed by atoms with Gasteiger partial charge in [0.2, 0.25) is 0 Å².